The summed E-state index contributed by atoms with van der Waals surface area (Å²) in [7, 11) is 1.59. The number of hydrogen-bond donors (Lipinski definition) is 3. The number of benzene rings is 2. The molecule has 0 heterocycles. The Kier molecular flexibility index (Phi) is 8.54. The SMILES string of the molecule is CCC(Sc1cccc(NC(=O)C2CC=CCC2C(=O)O)c1)C(=O)Nc1ccc(OC)cc1. The first-order valence-corrected chi connectivity index (χ1v) is 11.7. The lowest BCUT2D eigenvalue weighted by atomic mass is 9.82. The number of carboxylic acids is 1. The molecule has 1 aliphatic rings. The Hall–Kier alpha value is -3.26. The lowest BCUT2D eigenvalue weighted by Crippen LogP contribution is -2.34. The minimum atomic E-state index is -0.961. The lowest BCUT2D eigenvalue weighted by Gasteiger charge is -2.24. The average molecular weight is 469 g/mol. The normalized spacial score (nSPS) is 18.2. The molecule has 0 radical (unpaired) electrons. The molecule has 1 aliphatic carbocycles. The molecule has 33 heavy (non-hydrogen) atoms. The van der Waals surface area contributed by atoms with Crippen molar-refractivity contribution >= 4 is 40.9 Å². The summed E-state index contributed by atoms with van der Waals surface area (Å²) in [6.07, 6.45) is 5.04. The zero-order valence-corrected chi connectivity index (χ0v) is 19.4. The molecule has 3 unspecified atom stereocenters. The third-order valence-corrected chi connectivity index (χ3v) is 6.85. The van der Waals surface area contributed by atoms with E-state index in [1.54, 1.807) is 43.5 Å². The molecule has 2 amide bonds. The van der Waals surface area contributed by atoms with Crippen molar-refractivity contribution in [1.82, 2.24) is 0 Å². The van der Waals surface area contributed by atoms with E-state index in [-0.39, 0.29) is 17.1 Å². The molecule has 0 aromatic heterocycles. The van der Waals surface area contributed by atoms with Gasteiger partial charge in [-0.15, -0.1) is 11.8 Å². The topological polar surface area (TPSA) is 105 Å². The number of aliphatic carboxylic acids is 1. The molecule has 7 nitrogen and oxygen atoms in total. The van der Waals surface area contributed by atoms with Crippen LogP contribution in [0.3, 0.4) is 0 Å². The highest BCUT2D eigenvalue weighted by atomic mass is 32.2. The van der Waals surface area contributed by atoms with Gasteiger partial charge in [0.1, 0.15) is 5.75 Å². The Labute approximate surface area is 197 Å². The number of hydrogen-bond acceptors (Lipinski definition) is 5. The van der Waals surface area contributed by atoms with Crippen LogP contribution >= 0.6 is 11.8 Å². The van der Waals surface area contributed by atoms with E-state index in [1.807, 2.05) is 31.2 Å². The zero-order valence-electron chi connectivity index (χ0n) is 18.6. The van der Waals surface area contributed by atoms with Gasteiger partial charge in [0.2, 0.25) is 11.8 Å². The number of rotatable bonds is 9. The van der Waals surface area contributed by atoms with Crippen LogP contribution in [0.1, 0.15) is 26.2 Å². The van der Waals surface area contributed by atoms with Gasteiger partial charge in [0, 0.05) is 16.3 Å². The van der Waals surface area contributed by atoms with Crippen LogP contribution in [0.2, 0.25) is 0 Å². The molecule has 3 atom stereocenters. The smallest absolute Gasteiger partial charge is 0.307 e. The third kappa shape index (κ3) is 6.61. The fourth-order valence-corrected chi connectivity index (χ4v) is 4.66. The van der Waals surface area contributed by atoms with Crippen LogP contribution in [0, 0.1) is 11.8 Å². The summed E-state index contributed by atoms with van der Waals surface area (Å²) in [6.45, 7) is 1.94. The van der Waals surface area contributed by atoms with Crippen LogP contribution in [0.4, 0.5) is 11.4 Å². The summed E-state index contributed by atoms with van der Waals surface area (Å²) in [4.78, 5) is 37.8. The van der Waals surface area contributed by atoms with E-state index >= 15 is 0 Å². The fourth-order valence-electron chi connectivity index (χ4n) is 3.64. The summed E-state index contributed by atoms with van der Waals surface area (Å²) >= 11 is 1.41. The summed E-state index contributed by atoms with van der Waals surface area (Å²) in [5.41, 5.74) is 1.27. The quantitative estimate of drug-likeness (QED) is 0.360. The first kappa shape index (κ1) is 24.4. The van der Waals surface area contributed by atoms with E-state index in [9.17, 15) is 19.5 Å². The van der Waals surface area contributed by atoms with Crippen molar-refractivity contribution < 1.29 is 24.2 Å². The van der Waals surface area contributed by atoms with Crippen LogP contribution in [0.5, 0.6) is 5.75 Å². The number of nitrogens with one attached hydrogen (secondary N) is 2. The van der Waals surface area contributed by atoms with Crippen molar-refractivity contribution in [3.8, 4) is 5.75 Å². The van der Waals surface area contributed by atoms with E-state index in [0.717, 1.165) is 4.90 Å². The van der Waals surface area contributed by atoms with E-state index < -0.39 is 17.8 Å². The molecule has 3 rings (SSSR count). The van der Waals surface area contributed by atoms with Crippen LogP contribution in [-0.2, 0) is 14.4 Å². The molecular formula is C25H28N2O5S. The van der Waals surface area contributed by atoms with E-state index in [1.165, 1.54) is 11.8 Å². The largest absolute Gasteiger partial charge is 0.497 e. The van der Waals surface area contributed by atoms with Gasteiger partial charge < -0.3 is 20.5 Å². The van der Waals surface area contributed by atoms with Gasteiger partial charge in [-0.2, -0.15) is 0 Å². The highest BCUT2D eigenvalue weighted by Crippen LogP contribution is 2.31. The van der Waals surface area contributed by atoms with Crippen molar-refractivity contribution in [3.05, 3.63) is 60.7 Å². The van der Waals surface area contributed by atoms with Crippen molar-refractivity contribution in [2.45, 2.75) is 36.3 Å². The van der Waals surface area contributed by atoms with Gasteiger partial charge in [0.05, 0.1) is 24.2 Å². The van der Waals surface area contributed by atoms with Crippen molar-refractivity contribution in [1.29, 1.82) is 0 Å². The molecule has 3 N–H and O–H groups in total. The molecule has 0 saturated heterocycles. The second-order valence-electron chi connectivity index (χ2n) is 7.74. The van der Waals surface area contributed by atoms with Gasteiger partial charge in [-0.05, 0) is 61.7 Å². The maximum atomic E-state index is 12.8. The fraction of sp³-hybridized carbons (Fsp3) is 0.320. The molecular weight excluding hydrogens is 440 g/mol. The number of methoxy groups -OCH3 is 1. The van der Waals surface area contributed by atoms with Crippen LogP contribution in [0.25, 0.3) is 0 Å². The maximum absolute atomic E-state index is 12.8. The van der Waals surface area contributed by atoms with Gasteiger partial charge in [0.25, 0.3) is 0 Å². The number of allylic oxidation sites excluding steroid dienone is 2. The number of anilines is 2. The Balaban J connectivity index is 1.63. The zero-order chi connectivity index (χ0) is 23.8. The van der Waals surface area contributed by atoms with Gasteiger partial charge in [-0.3, -0.25) is 14.4 Å². The number of carboxylic acid groups (broad SMARTS) is 1. The Bertz CT molecular complexity index is 1020. The Morgan fingerprint density at radius 1 is 1.03 bits per heavy atom. The Morgan fingerprint density at radius 2 is 1.73 bits per heavy atom. The van der Waals surface area contributed by atoms with Gasteiger partial charge >= 0.3 is 5.97 Å². The Morgan fingerprint density at radius 3 is 2.36 bits per heavy atom. The summed E-state index contributed by atoms with van der Waals surface area (Å²) in [5, 5.41) is 14.9. The average Bonchev–Trinajstić information content (AvgIpc) is 2.83. The minimum Gasteiger partial charge on any atom is -0.497 e. The predicted octanol–water partition coefficient (Wildman–Crippen LogP) is 4.81. The van der Waals surface area contributed by atoms with Gasteiger partial charge in [-0.1, -0.05) is 25.1 Å². The van der Waals surface area contributed by atoms with E-state index in [2.05, 4.69) is 10.6 Å². The van der Waals surface area contributed by atoms with Gasteiger partial charge in [-0.25, -0.2) is 0 Å². The maximum Gasteiger partial charge on any atom is 0.307 e. The minimum absolute atomic E-state index is 0.111. The van der Waals surface area contributed by atoms with Crippen LogP contribution in [0.15, 0.2) is 65.6 Å². The predicted molar refractivity (Wildman–Crippen MR) is 130 cm³/mol. The third-order valence-electron chi connectivity index (χ3n) is 5.49. The van der Waals surface area contributed by atoms with E-state index in [4.69, 9.17) is 4.74 Å². The molecule has 2 aromatic rings. The first-order valence-electron chi connectivity index (χ1n) is 10.8. The van der Waals surface area contributed by atoms with Crippen molar-refractivity contribution in [2.24, 2.45) is 11.8 Å². The monoisotopic (exact) mass is 468 g/mol. The summed E-state index contributed by atoms with van der Waals surface area (Å²) in [6, 6.07) is 14.4. The molecule has 0 bridgehead atoms. The van der Waals surface area contributed by atoms with Crippen molar-refractivity contribution in [3.63, 3.8) is 0 Å². The standard InChI is InChI=1S/C25H28N2O5S/c1-3-22(24(29)26-16-11-13-18(32-2)14-12-16)33-19-8-6-7-17(15-19)27-23(28)20-9-4-5-10-21(20)25(30)31/h4-8,11-15,20-22H,3,9-10H2,1-2H3,(H,26,29)(H,27,28)(H,30,31). The molecule has 0 aliphatic heterocycles. The highest BCUT2D eigenvalue weighted by Gasteiger charge is 2.34. The first-order chi connectivity index (χ1) is 15.9. The number of thioether (sulfide) groups is 1. The molecule has 0 spiro atoms. The summed E-state index contributed by atoms with van der Waals surface area (Å²) < 4.78 is 5.14. The molecule has 8 heteroatoms. The second kappa shape index (κ2) is 11.6. The lowest BCUT2D eigenvalue weighted by molar-refractivity contribution is -0.146. The molecule has 174 valence electrons. The number of ether oxygens (including phenoxy) is 1. The van der Waals surface area contributed by atoms with Crippen LogP contribution in [-0.4, -0.2) is 35.2 Å². The summed E-state index contributed by atoms with van der Waals surface area (Å²) in [5.74, 6) is -2.00. The number of amides is 2. The molecule has 0 saturated carbocycles. The second-order valence-corrected chi connectivity index (χ2v) is 9.02. The molecule has 0 fully saturated rings. The van der Waals surface area contributed by atoms with Gasteiger partial charge in [0.15, 0.2) is 0 Å². The highest BCUT2D eigenvalue weighted by molar-refractivity contribution is 8.00. The van der Waals surface area contributed by atoms with E-state index in [0.29, 0.717) is 36.4 Å². The number of carbonyl (C=O) groups excluding carboxylic acids is 2. The van der Waals surface area contributed by atoms with Crippen molar-refractivity contribution in [2.75, 3.05) is 17.7 Å². The number of carbonyl (C=O) groups is 3. The molecule has 2 aromatic carbocycles. The van der Waals surface area contributed by atoms with Crippen LogP contribution < -0.4 is 15.4 Å².